The third-order valence-corrected chi connectivity index (χ3v) is 5.50. The quantitative estimate of drug-likeness (QED) is 0.818. The Balaban J connectivity index is 1.27. The van der Waals surface area contributed by atoms with Gasteiger partial charge in [-0.25, -0.2) is 9.97 Å². The first-order valence-electron chi connectivity index (χ1n) is 9.84. The van der Waals surface area contributed by atoms with Crippen molar-refractivity contribution in [1.29, 1.82) is 0 Å². The molecular formula is C22H28N4O. The van der Waals surface area contributed by atoms with E-state index in [4.69, 9.17) is 4.74 Å². The molecule has 1 saturated heterocycles. The fraction of sp³-hybridized carbons (Fsp3) is 0.455. The van der Waals surface area contributed by atoms with Crippen LogP contribution in [-0.4, -0.2) is 40.2 Å². The maximum atomic E-state index is 6.12. The van der Waals surface area contributed by atoms with Crippen LogP contribution in [0.4, 0.5) is 5.95 Å². The third kappa shape index (κ3) is 4.73. The van der Waals surface area contributed by atoms with E-state index in [1.165, 1.54) is 11.1 Å². The molecule has 1 spiro atoms. The van der Waals surface area contributed by atoms with Crippen LogP contribution < -0.4 is 5.32 Å². The van der Waals surface area contributed by atoms with E-state index in [0.717, 1.165) is 57.6 Å². The molecule has 0 bridgehead atoms. The lowest BCUT2D eigenvalue weighted by molar-refractivity contribution is -0.0577. The lowest BCUT2D eigenvalue weighted by Crippen LogP contribution is -2.46. The predicted octanol–water partition coefficient (Wildman–Crippen LogP) is 3.79. The van der Waals surface area contributed by atoms with Gasteiger partial charge >= 0.3 is 0 Å². The number of piperidine rings is 1. The van der Waals surface area contributed by atoms with Gasteiger partial charge in [-0.1, -0.05) is 42.0 Å². The second-order valence-corrected chi connectivity index (χ2v) is 7.68. The molecule has 0 unspecified atom stereocenters. The smallest absolute Gasteiger partial charge is 0.222 e. The molecule has 5 nitrogen and oxygen atoms in total. The highest BCUT2D eigenvalue weighted by atomic mass is 16.5. The Labute approximate surface area is 161 Å². The monoisotopic (exact) mass is 364 g/mol. The molecule has 1 aromatic carbocycles. The van der Waals surface area contributed by atoms with E-state index in [2.05, 4.69) is 45.3 Å². The molecule has 0 amide bonds. The summed E-state index contributed by atoms with van der Waals surface area (Å²) in [5, 5.41) is 3.28. The number of likely N-dealkylation sites (tertiary alicyclic amines) is 1. The topological polar surface area (TPSA) is 50.3 Å². The summed E-state index contributed by atoms with van der Waals surface area (Å²) in [6.07, 6.45) is 9.46. The molecule has 2 aliphatic rings. The number of anilines is 1. The minimum atomic E-state index is -0.0133. The fourth-order valence-electron chi connectivity index (χ4n) is 3.92. The van der Waals surface area contributed by atoms with Crippen LogP contribution in [0.1, 0.15) is 37.3 Å². The Morgan fingerprint density at radius 2 is 1.81 bits per heavy atom. The van der Waals surface area contributed by atoms with E-state index < -0.39 is 0 Å². The van der Waals surface area contributed by atoms with E-state index in [-0.39, 0.29) is 5.60 Å². The van der Waals surface area contributed by atoms with Crippen LogP contribution in [0.5, 0.6) is 0 Å². The zero-order valence-electron chi connectivity index (χ0n) is 16.0. The summed E-state index contributed by atoms with van der Waals surface area (Å²) < 4.78 is 6.12. The first-order valence-corrected chi connectivity index (χ1v) is 9.84. The van der Waals surface area contributed by atoms with Crippen LogP contribution in [0.3, 0.4) is 0 Å². The molecule has 3 heterocycles. The molecule has 1 fully saturated rings. The minimum absolute atomic E-state index is 0.0133. The van der Waals surface area contributed by atoms with Gasteiger partial charge < -0.3 is 10.1 Å². The Kier molecular flexibility index (Phi) is 5.50. The van der Waals surface area contributed by atoms with Crippen molar-refractivity contribution in [2.75, 3.05) is 25.0 Å². The number of hydrogen-bond donors (Lipinski definition) is 1. The van der Waals surface area contributed by atoms with Gasteiger partial charge in [0.2, 0.25) is 5.95 Å². The molecule has 1 N–H and O–H groups in total. The summed E-state index contributed by atoms with van der Waals surface area (Å²) >= 11 is 0. The van der Waals surface area contributed by atoms with Gasteiger partial charge in [-0.3, -0.25) is 4.90 Å². The maximum absolute atomic E-state index is 6.12. The Bertz CT molecular complexity index is 765. The van der Waals surface area contributed by atoms with Crippen LogP contribution in [0.2, 0.25) is 0 Å². The highest BCUT2D eigenvalue weighted by Gasteiger charge is 2.35. The van der Waals surface area contributed by atoms with Gasteiger partial charge in [-0.05, 0) is 31.7 Å². The van der Waals surface area contributed by atoms with Crippen LogP contribution in [-0.2, 0) is 17.8 Å². The van der Waals surface area contributed by atoms with Crippen molar-refractivity contribution in [3.05, 3.63) is 65.5 Å². The van der Waals surface area contributed by atoms with Crippen molar-refractivity contribution in [1.82, 2.24) is 14.9 Å². The third-order valence-electron chi connectivity index (χ3n) is 5.50. The first kappa shape index (κ1) is 18.1. The molecule has 27 heavy (non-hydrogen) atoms. The van der Waals surface area contributed by atoms with Crippen LogP contribution in [0.25, 0.3) is 0 Å². The summed E-state index contributed by atoms with van der Waals surface area (Å²) in [7, 11) is 0. The van der Waals surface area contributed by atoms with Crippen molar-refractivity contribution in [3.63, 3.8) is 0 Å². The van der Waals surface area contributed by atoms with Gasteiger partial charge in [0.25, 0.3) is 0 Å². The fourth-order valence-corrected chi connectivity index (χ4v) is 3.92. The van der Waals surface area contributed by atoms with Crippen molar-refractivity contribution in [2.24, 2.45) is 0 Å². The summed E-state index contributed by atoms with van der Waals surface area (Å²) in [6.45, 7) is 6.84. The molecule has 4 rings (SSSR count). The molecule has 2 aromatic rings. The molecule has 0 radical (unpaired) electrons. The van der Waals surface area contributed by atoms with Gasteiger partial charge in [0.05, 0.1) is 12.2 Å². The van der Waals surface area contributed by atoms with E-state index in [0.29, 0.717) is 5.95 Å². The van der Waals surface area contributed by atoms with E-state index in [1.54, 1.807) is 0 Å². The standard InChI is InChI=1S/C22H28N4O/c1-18-7-12-27-22(13-18)8-10-26(11-9-22)17-20-15-24-21(25-16-20)23-14-19-5-3-2-4-6-19/h2-6,13,15-16H,7-12,14,17H2,1H3,(H,23,24,25). The van der Waals surface area contributed by atoms with Gasteiger partial charge in [0.1, 0.15) is 0 Å². The molecule has 5 heteroatoms. The average molecular weight is 364 g/mol. The van der Waals surface area contributed by atoms with E-state index >= 15 is 0 Å². The Morgan fingerprint density at radius 3 is 2.52 bits per heavy atom. The van der Waals surface area contributed by atoms with Crippen molar-refractivity contribution in [3.8, 4) is 0 Å². The van der Waals surface area contributed by atoms with Gasteiger partial charge in [0, 0.05) is 44.1 Å². The number of rotatable bonds is 5. The van der Waals surface area contributed by atoms with Crippen molar-refractivity contribution < 1.29 is 4.74 Å². The van der Waals surface area contributed by atoms with Crippen LogP contribution in [0.15, 0.2) is 54.4 Å². The zero-order valence-corrected chi connectivity index (χ0v) is 16.0. The van der Waals surface area contributed by atoms with Crippen LogP contribution in [0, 0.1) is 0 Å². The van der Waals surface area contributed by atoms with Crippen molar-refractivity contribution in [2.45, 2.75) is 44.9 Å². The molecule has 142 valence electrons. The number of hydrogen-bond acceptors (Lipinski definition) is 5. The maximum Gasteiger partial charge on any atom is 0.222 e. The lowest BCUT2D eigenvalue weighted by atomic mass is 9.87. The number of nitrogens with one attached hydrogen (secondary N) is 1. The Hall–Kier alpha value is -2.24. The Morgan fingerprint density at radius 1 is 1.07 bits per heavy atom. The lowest BCUT2D eigenvalue weighted by Gasteiger charge is -2.42. The molecule has 0 aliphatic carbocycles. The first-order chi connectivity index (χ1) is 13.2. The van der Waals surface area contributed by atoms with Gasteiger partial charge in [0.15, 0.2) is 0 Å². The highest BCUT2D eigenvalue weighted by Crippen LogP contribution is 2.33. The largest absolute Gasteiger partial charge is 0.370 e. The molecular weight excluding hydrogens is 336 g/mol. The summed E-state index contributed by atoms with van der Waals surface area (Å²) in [4.78, 5) is 11.4. The van der Waals surface area contributed by atoms with Crippen LogP contribution >= 0.6 is 0 Å². The molecule has 2 aliphatic heterocycles. The molecule has 0 saturated carbocycles. The number of nitrogens with zero attached hydrogens (tertiary/aromatic N) is 3. The second-order valence-electron chi connectivity index (χ2n) is 7.68. The number of benzene rings is 1. The minimum Gasteiger partial charge on any atom is -0.370 e. The van der Waals surface area contributed by atoms with Gasteiger partial charge in [-0.2, -0.15) is 0 Å². The van der Waals surface area contributed by atoms with Crippen molar-refractivity contribution >= 4 is 5.95 Å². The normalized spacial score (nSPS) is 19.7. The number of ether oxygens (including phenoxy) is 1. The van der Waals surface area contributed by atoms with E-state index in [9.17, 15) is 0 Å². The summed E-state index contributed by atoms with van der Waals surface area (Å²) in [5.41, 5.74) is 3.84. The SMILES string of the molecule is CC1=CC2(CCN(Cc3cnc(NCc4ccccc4)nc3)CC2)OCC1. The summed E-state index contributed by atoms with van der Waals surface area (Å²) in [6, 6.07) is 10.3. The molecule has 1 aromatic heterocycles. The van der Waals surface area contributed by atoms with E-state index in [1.807, 2.05) is 30.6 Å². The number of aromatic nitrogens is 2. The predicted molar refractivity (Wildman–Crippen MR) is 107 cm³/mol. The van der Waals surface area contributed by atoms with Gasteiger partial charge in [-0.15, -0.1) is 0 Å². The second kappa shape index (κ2) is 8.19. The molecule has 0 atom stereocenters. The summed E-state index contributed by atoms with van der Waals surface area (Å²) in [5.74, 6) is 0.677. The zero-order chi connectivity index (χ0) is 18.5. The highest BCUT2D eigenvalue weighted by molar-refractivity contribution is 5.28. The average Bonchev–Trinajstić information content (AvgIpc) is 2.70.